The molecule has 4 heteroatoms. The van der Waals surface area contributed by atoms with Crippen LogP contribution in [0.5, 0.6) is 17.2 Å². The van der Waals surface area contributed by atoms with Crippen LogP contribution < -0.4 is 19.9 Å². The van der Waals surface area contributed by atoms with Gasteiger partial charge in [0.2, 0.25) is 12.5 Å². The Kier molecular flexibility index (Phi) is 2.21. The third-order valence-electron chi connectivity index (χ3n) is 2.26. The predicted molar refractivity (Wildman–Crippen MR) is 50.4 cm³/mol. The molecule has 4 nitrogen and oxygen atoms in total. The number of fused-ring (bicyclic) bond motifs is 1. The molecule has 76 valence electrons. The Morgan fingerprint density at radius 1 is 1.36 bits per heavy atom. The number of hydrogen-bond donors (Lipinski definition) is 1. The van der Waals surface area contributed by atoms with E-state index in [2.05, 4.69) is 5.73 Å². The Labute approximate surface area is 82.6 Å². The van der Waals surface area contributed by atoms with Crippen molar-refractivity contribution in [2.24, 2.45) is 0 Å². The van der Waals surface area contributed by atoms with E-state index in [0.29, 0.717) is 11.5 Å². The van der Waals surface area contributed by atoms with Crippen LogP contribution >= 0.6 is 0 Å². The second kappa shape index (κ2) is 3.38. The van der Waals surface area contributed by atoms with E-state index in [1.165, 1.54) is 0 Å². The highest BCUT2D eigenvalue weighted by atomic mass is 16.7. The Bertz CT molecular complexity index is 349. The molecule has 0 amide bonds. The average Bonchev–Trinajstić information content (AvgIpc) is 2.64. The summed E-state index contributed by atoms with van der Waals surface area (Å²) in [6, 6.07) is 4.02. The van der Waals surface area contributed by atoms with Crippen molar-refractivity contribution in [1.82, 2.24) is 0 Å². The SMILES string of the molecule is COc1ccc([C@H](C)[NH3+])c2c1OCO2. The molecule has 1 heterocycles. The zero-order valence-electron chi connectivity index (χ0n) is 8.37. The van der Waals surface area contributed by atoms with Gasteiger partial charge >= 0.3 is 0 Å². The molecule has 0 radical (unpaired) electrons. The summed E-state index contributed by atoms with van der Waals surface area (Å²) in [5.41, 5.74) is 5.02. The average molecular weight is 196 g/mol. The summed E-state index contributed by atoms with van der Waals surface area (Å²) in [6.07, 6.45) is 0. The minimum Gasteiger partial charge on any atom is -0.493 e. The first-order valence-corrected chi connectivity index (χ1v) is 4.53. The second-order valence-corrected chi connectivity index (χ2v) is 3.32. The summed E-state index contributed by atoms with van der Waals surface area (Å²) < 4.78 is 15.9. The highest BCUT2D eigenvalue weighted by molar-refractivity contribution is 5.57. The molecular weight excluding hydrogens is 182 g/mol. The van der Waals surface area contributed by atoms with Crippen LogP contribution in [0.1, 0.15) is 18.5 Å². The van der Waals surface area contributed by atoms with Gasteiger partial charge in [0.25, 0.3) is 0 Å². The van der Waals surface area contributed by atoms with Crippen LogP contribution in [0.25, 0.3) is 0 Å². The molecule has 0 aromatic heterocycles. The van der Waals surface area contributed by atoms with Gasteiger partial charge in [0.05, 0.1) is 12.7 Å². The molecule has 0 unspecified atom stereocenters. The lowest BCUT2D eigenvalue weighted by Crippen LogP contribution is -2.51. The van der Waals surface area contributed by atoms with Crippen LogP contribution in [-0.2, 0) is 0 Å². The molecule has 0 saturated heterocycles. The summed E-state index contributed by atoms with van der Waals surface area (Å²) in [4.78, 5) is 0. The summed E-state index contributed by atoms with van der Waals surface area (Å²) >= 11 is 0. The zero-order valence-corrected chi connectivity index (χ0v) is 8.37. The molecule has 0 aliphatic carbocycles. The van der Waals surface area contributed by atoms with Gasteiger partial charge in [0.15, 0.2) is 11.5 Å². The Morgan fingerprint density at radius 2 is 2.07 bits per heavy atom. The molecule has 14 heavy (non-hydrogen) atoms. The maximum Gasteiger partial charge on any atom is 0.231 e. The topological polar surface area (TPSA) is 55.3 Å². The number of rotatable bonds is 2. The van der Waals surface area contributed by atoms with Crippen molar-refractivity contribution in [3.63, 3.8) is 0 Å². The molecule has 1 aliphatic heterocycles. The standard InChI is InChI=1S/C10H13NO3/c1-6(11)7-3-4-8(12-2)10-9(7)13-5-14-10/h3-4,6H,5,11H2,1-2H3/p+1/t6-/m0/s1. The molecule has 0 bridgehead atoms. The first kappa shape index (κ1) is 9.15. The summed E-state index contributed by atoms with van der Waals surface area (Å²) in [6.45, 7) is 2.28. The van der Waals surface area contributed by atoms with Crippen molar-refractivity contribution in [3.8, 4) is 17.2 Å². The smallest absolute Gasteiger partial charge is 0.231 e. The summed E-state index contributed by atoms with van der Waals surface area (Å²) in [7, 11) is 1.62. The predicted octanol–water partition coefficient (Wildman–Crippen LogP) is 0.727. The van der Waals surface area contributed by atoms with E-state index in [9.17, 15) is 0 Å². The number of quaternary nitrogens is 1. The fraction of sp³-hybridized carbons (Fsp3) is 0.400. The zero-order chi connectivity index (χ0) is 10.1. The van der Waals surface area contributed by atoms with Gasteiger partial charge in [0.1, 0.15) is 6.04 Å². The maximum absolute atomic E-state index is 5.39. The molecule has 0 fully saturated rings. The first-order valence-electron chi connectivity index (χ1n) is 4.53. The van der Waals surface area contributed by atoms with Gasteiger partial charge in [-0.25, -0.2) is 0 Å². The van der Waals surface area contributed by atoms with Crippen LogP contribution in [0.4, 0.5) is 0 Å². The van der Waals surface area contributed by atoms with E-state index in [1.54, 1.807) is 7.11 Å². The van der Waals surface area contributed by atoms with Crippen molar-refractivity contribution in [2.45, 2.75) is 13.0 Å². The molecule has 1 aromatic rings. The van der Waals surface area contributed by atoms with Gasteiger partial charge in [-0.2, -0.15) is 0 Å². The lowest BCUT2D eigenvalue weighted by molar-refractivity contribution is -0.420. The number of benzene rings is 1. The Hall–Kier alpha value is -1.42. The van der Waals surface area contributed by atoms with Gasteiger partial charge in [0, 0.05) is 0 Å². The first-order chi connectivity index (χ1) is 6.74. The van der Waals surface area contributed by atoms with Crippen LogP contribution in [-0.4, -0.2) is 13.9 Å². The van der Waals surface area contributed by atoms with Crippen molar-refractivity contribution < 1.29 is 19.9 Å². The summed E-state index contributed by atoms with van der Waals surface area (Å²) in [5, 5.41) is 0. The number of hydrogen-bond acceptors (Lipinski definition) is 3. The number of ether oxygens (including phenoxy) is 3. The molecular formula is C10H14NO3+. The monoisotopic (exact) mass is 196 g/mol. The Balaban J connectivity index is 2.53. The van der Waals surface area contributed by atoms with E-state index >= 15 is 0 Å². The van der Waals surface area contributed by atoms with Gasteiger partial charge in [-0.05, 0) is 19.1 Å². The van der Waals surface area contributed by atoms with E-state index in [-0.39, 0.29) is 12.8 Å². The molecule has 1 aromatic carbocycles. The third kappa shape index (κ3) is 1.28. The van der Waals surface area contributed by atoms with Gasteiger partial charge in [-0.1, -0.05) is 0 Å². The molecule has 3 N–H and O–H groups in total. The molecule has 0 spiro atoms. The van der Waals surface area contributed by atoms with Gasteiger partial charge < -0.3 is 19.9 Å². The minimum atomic E-state index is 0.177. The van der Waals surface area contributed by atoms with E-state index in [0.717, 1.165) is 11.3 Å². The van der Waals surface area contributed by atoms with E-state index < -0.39 is 0 Å². The molecule has 1 atom stereocenters. The van der Waals surface area contributed by atoms with Crippen LogP contribution in [0.15, 0.2) is 12.1 Å². The normalized spacial score (nSPS) is 15.4. The largest absolute Gasteiger partial charge is 0.493 e. The molecule has 1 aliphatic rings. The lowest BCUT2D eigenvalue weighted by atomic mass is 10.1. The van der Waals surface area contributed by atoms with Crippen molar-refractivity contribution in [1.29, 1.82) is 0 Å². The van der Waals surface area contributed by atoms with E-state index in [4.69, 9.17) is 14.2 Å². The fourth-order valence-corrected chi connectivity index (χ4v) is 1.54. The highest BCUT2D eigenvalue weighted by Crippen LogP contribution is 2.44. The van der Waals surface area contributed by atoms with Crippen molar-refractivity contribution in [2.75, 3.05) is 13.9 Å². The molecule has 0 saturated carbocycles. The van der Waals surface area contributed by atoms with Crippen LogP contribution in [0.3, 0.4) is 0 Å². The van der Waals surface area contributed by atoms with Gasteiger partial charge in [-0.3, -0.25) is 0 Å². The second-order valence-electron chi connectivity index (χ2n) is 3.32. The van der Waals surface area contributed by atoms with Crippen molar-refractivity contribution >= 4 is 0 Å². The fourth-order valence-electron chi connectivity index (χ4n) is 1.54. The highest BCUT2D eigenvalue weighted by Gasteiger charge is 2.24. The summed E-state index contributed by atoms with van der Waals surface area (Å²) in [5.74, 6) is 2.18. The van der Waals surface area contributed by atoms with Crippen molar-refractivity contribution in [3.05, 3.63) is 17.7 Å². The van der Waals surface area contributed by atoms with Gasteiger partial charge in [-0.15, -0.1) is 0 Å². The quantitative estimate of drug-likeness (QED) is 0.758. The molecule has 2 rings (SSSR count). The number of methoxy groups -OCH3 is 1. The van der Waals surface area contributed by atoms with Crippen LogP contribution in [0, 0.1) is 0 Å². The minimum absolute atomic E-state index is 0.177. The lowest BCUT2D eigenvalue weighted by Gasteiger charge is -2.09. The Morgan fingerprint density at radius 3 is 2.71 bits per heavy atom. The van der Waals surface area contributed by atoms with Crippen LogP contribution in [0.2, 0.25) is 0 Å². The maximum atomic E-state index is 5.39. The van der Waals surface area contributed by atoms with E-state index in [1.807, 2.05) is 19.1 Å². The third-order valence-corrected chi connectivity index (χ3v) is 2.26.